The summed E-state index contributed by atoms with van der Waals surface area (Å²) in [5, 5.41) is 0. The van der Waals surface area contributed by atoms with Crippen LogP contribution in [0.3, 0.4) is 0 Å². The minimum absolute atomic E-state index is 0. The highest BCUT2D eigenvalue weighted by Gasteiger charge is 2.25. The Morgan fingerprint density at radius 3 is 1.92 bits per heavy atom. The minimum atomic E-state index is 0. The van der Waals surface area contributed by atoms with E-state index < -0.39 is 0 Å². The van der Waals surface area contributed by atoms with Crippen molar-refractivity contribution in [1.82, 2.24) is 9.97 Å². The number of halogens is 1. The highest BCUT2D eigenvalue weighted by Crippen LogP contribution is 2.37. The SMILES string of the molecule is CN(CCc1ccccc1)c1ncnc(N2CCc3ccccc3C2)c1N(C)CCc1ccccc1.Cl. The smallest absolute Gasteiger partial charge is 0.158 e. The summed E-state index contributed by atoms with van der Waals surface area (Å²) in [6.45, 7) is 3.62. The van der Waals surface area contributed by atoms with Crippen molar-refractivity contribution in [1.29, 1.82) is 0 Å². The van der Waals surface area contributed by atoms with Crippen LogP contribution in [0.15, 0.2) is 91.3 Å². The van der Waals surface area contributed by atoms with Crippen molar-refractivity contribution in [2.45, 2.75) is 25.8 Å². The molecule has 1 aliphatic rings. The fraction of sp³-hybridized carbons (Fsp3) is 0.290. The number of nitrogens with zero attached hydrogens (tertiary/aromatic N) is 5. The molecule has 4 aromatic rings. The summed E-state index contributed by atoms with van der Waals surface area (Å²) in [6.07, 6.45) is 4.72. The highest BCUT2D eigenvalue weighted by atomic mass is 35.5. The molecular weight excluding hydrogens is 478 g/mol. The largest absolute Gasteiger partial charge is 0.368 e. The van der Waals surface area contributed by atoms with E-state index in [0.717, 1.165) is 62.8 Å². The van der Waals surface area contributed by atoms with Crippen LogP contribution in [0.2, 0.25) is 0 Å². The third-order valence-electron chi connectivity index (χ3n) is 7.11. The van der Waals surface area contributed by atoms with Gasteiger partial charge in [-0.1, -0.05) is 84.9 Å². The van der Waals surface area contributed by atoms with E-state index in [2.05, 4.69) is 114 Å². The van der Waals surface area contributed by atoms with Gasteiger partial charge in [0.05, 0.1) is 0 Å². The Labute approximate surface area is 227 Å². The molecule has 0 amide bonds. The van der Waals surface area contributed by atoms with E-state index in [9.17, 15) is 0 Å². The number of benzene rings is 3. The molecule has 2 heterocycles. The third kappa shape index (κ3) is 6.41. The normalized spacial score (nSPS) is 12.4. The van der Waals surface area contributed by atoms with Crippen LogP contribution in [0.25, 0.3) is 0 Å². The minimum Gasteiger partial charge on any atom is -0.368 e. The molecule has 0 unspecified atom stereocenters. The summed E-state index contributed by atoms with van der Waals surface area (Å²) in [6, 6.07) is 30.1. The maximum Gasteiger partial charge on any atom is 0.158 e. The van der Waals surface area contributed by atoms with Gasteiger partial charge in [0.1, 0.15) is 12.0 Å². The first-order valence-electron chi connectivity index (χ1n) is 12.9. The van der Waals surface area contributed by atoms with Gasteiger partial charge < -0.3 is 14.7 Å². The number of likely N-dealkylation sites (N-methyl/N-ethyl adjacent to an activating group) is 2. The summed E-state index contributed by atoms with van der Waals surface area (Å²) in [7, 11) is 4.33. The first kappa shape index (κ1) is 26.5. The van der Waals surface area contributed by atoms with Gasteiger partial charge in [0.2, 0.25) is 0 Å². The molecule has 0 bridgehead atoms. The van der Waals surface area contributed by atoms with E-state index in [-0.39, 0.29) is 12.4 Å². The van der Waals surface area contributed by atoms with Gasteiger partial charge in [0.15, 0.2) is 11.6 Å². The number of aromatic nitrogens is 2. The van der Waals surface area contributed by atoms with Gasteiger partial charge in [-0.25, -0.2) is 9.97 Å². The standard InChI is InChI=1S/C31H35N5.ClH/c1-34(20-17-25-11-5-3-6-12-25)29-30(35(2)21-18-26-13-7-4-8-14-26)32-24-33-31(29)36-22-19-27-15-9-10-16-28(27)23-36;/h3-16,24H,17-23H2,1-2H3;1H. The van der Waals surface area contributed by atoms with Gasteiger partial charge in [-0.2, -0.15) is 0 Å². The fourth-order valence-electron chi connectivity index (χ4n) is 4.99. The summed E-state index contributed by atoms with van der Waals surface area (Å²) in [5.74, 6) is 2.02. The van der Waals surface area contributed by atoms with Gasteiger partial charge in [-0.3, -0.25) is 0 Å². The number of rotatable bonds is 9. The second kappa shape index (κ2) is 12.6. The van der Waals surface area contributed by atoms with Gasteiger partial charge in [0.25, 0.3) is 0 Å². The Balaban J connectivity index is 0.00000320. The lowest BCUT2D eigenvalue weighted by Crippen LogP contribution is -2.35. The predicted octanol–water partition coefficient (Wildman–Crippen LogP) is 5.82. The Kier molecular flexibility index (Phi) is 9.02. The third-order valence-corrected chi connectivity index (χ3v) is 7.11. The van der Waals surface area contributed by atoms with Crippen LogP contribution in [0, 0.1) is 0 Å². The number of hydrogen-bond acceptors (Lipinski definition) is 5. The van der Waals surface area contributed by atoms with E-state index in [1.807, 2.05) is 0 Å². The molecule has 0 saturated carbocycles. The first-order valence-corrected chi connectivity index (χ1v) is 12.9. The zero-order chi connectivity index (χ0) is 24.7. The molecule has 0 N–H and O–H groups in total. The van der Waals surface area contributed by atoms with E-state index in [1.165, 1.54) is 22.3 Å². The van der Waals surface area contributed by atoms with Crippen molar-refractivity contribution in [3.05, 3.63) is 114 Å². The van der Waals surface area contributed by atoms with Crippen LogP contribution < -0.4 is 14.7 Å². The molecule has 0 fully saturated rings. The van der Waals surface area contributed by atoms with E-state index in [1.54, 1.807) is 6.33 Å². The summed E-state index contributed by atoms with van der Waals surface area (Å²) in [5.41, 5.74) is 6.63. The lowest BCUT2D eigenvalue weighted by molar-refractivity contribution is 0.714. The number of hydrogen-bond donors (Lipinski definition) is 0. The molecule has 0 aliphatic carbocycles. The van der Waals surface area contributed by atoms with Crippen LogP contribution in [0.1, 0.15) is 22.3 Å². The maximum absolute atomic E-state index is 4.86. The second-order valence-corrected chi connectivity index (χ2v) is 9.62. The lowest BCUT2D eigenvalue weighted by Gasteiger charge is -2.35. The average molecular weight is 514 g/mol. The van der Waals surface area contributed by atoms with Crippen LogP contribution >= 0.6 is 12.4 Å². The zero-order valence-corrected chi connectivity index (χ0v) is 22.6. The summed E-state index contributed by atoms with van der Waals surface area (Å²) >= 11 is 0. The molecule has 192 valence electrons. The van der Waals surface area contributed by atoms with Crippen molar-refractivity contribution in [2.75, 3.05) is 48.4 Å². The van der Waals surface area contributed by atoms with Crippen molar-refractivity contribution < 1.29 is 0 Å². The molecule has 5 rings (SSSR count). The van der Waals surface area contributed by atoms with Crippen LogP contribution in [0.5, 0.6) is 0 Å². The van der Waals surface area contributed by atoms with Crippen molar-refractivity contribution >= 4 is 29.7 Å². The molecule has 5 nitrogen and oxygen atoms in total. The molecule has 0 radical (unpaired) electrons. The molecule has 1 aliphatic heterocycles. The zero-order valence-electron chi connectivity index (χ0n) is 21.8. The molecule has 0 spiro atoms. The van der Waals surface area contributed by atoms with Crippen molar-refractivity contribution in [2.24, 2.45) is 0 Å². The van der Waals surface area contributed by atoms with Gasteiger partial charge in [0, 0.05) is 40.3 Å². The fourth-order valence-corrected chi connectivity index (χ4v) is 4.99. The topological polar surface area (TPSA) is 35.5 Å². The Bertz CT molecular complexity index is 1270. The van der Waals surface area contributed by atoms with E-state index in [4.69, 9.17) is 9.97 Å². The van der Waals surface area contributed by atoms with Crippen molar-refractivity contribution in [3.8, 4) is 0 Å². The number of fused-ring (bicyclic) bond motifs is 1. The Morgan fingerprint density at radius 1 is 0.703 bits per heavy atom. The average Bonchev–Trinajstić information content (AvgIpc) is 2.95. The molecule has 37 heavy (non-hydrogen) atoms. The van der Waals surface area contributed by atoms with E-state index >= 15 is 0 Å². The molecule has 6 heteroatoms. The molecule has 0 atom stereocenters. The van der Waals surface area contributed by atoms with Gasteiger partial charge in [-0.15, -0.1) is 12.4 Å². The van der Waals surface area contributed by atoms with Crippen molar-refractivity contribution in [3.63, 3.8) is 0 Å². The maximum atomic E-state index is 4.86. The molecular formula is C31H36ClN5. The quantitative estimate of drug-likeness (QED) is 0.282. The van der Waals surface area contributed by atoms with Crippen LogP contribution in [-0.2, 0) is 25.8 Å². The second-order valence-electron chi connectivity index (χ2n) is 9.62. The number of anilines is 3. The Morgan fingerprint density at radius 2 is 1.27 bits per heavy atom. The van der Waals surface area contributed by atoms with Gasteiger partial charge >= 0.3 is 0 Å². The van der Waals surface area contributed by atoms with Crippen LogP contribution in [-0.4, -0.2) is 43.7 Å². The predicted molar refractivity (Wildman–Crippen MR) is 157 cm³/mol. The monoisotopic (exact) mass is 513 g/mol. The molecule has 3 aromatic carbocycles. The molecule has 0 saturated heterocycles. The summed E-state index contributed by atoms with van der Waals surface area (Å²) < 4.78 is 0. The molecule has 1 aromatic heterocycles. The van der Waals surface area contributed by atoms with E-state index in [0.29, 0.717) is 0 Å². The first-order chi connectivity index (χ1) is 17.7. The van der Waals surface area contributed by atoms with Crippen LogP contribution in [0.4, 0.5) is 17.3 Å². The Hall–Kier alpha value is -3.57. The summed E-state index contributed by atoms with van der Waals surface area (Å²) in [4.78, 5) is 16.7. The highest BCUT2D eigenvalue weighted by molar-refractivity contribution is 5.85. The van der Waals surface area contributed by atoms with Gasteiger partial charge in [-0.05, 0) is 41.5 Å². The lowest BCUT2D eigenvalue weighted by atomic mass is 10.00.